The van der Waals surface area contributed by atoms with Crippen molar-refractivity contribution < 1.29 is 14.3 Å². The molecule has 0 aliphatic heterocycles. The predicted molar refractivity (Wildman–Crippen MR) is 92.4 cm³/mol. The number of thiophene rings is 1. The molecule has 2 aromatic heterocycles. The van der Waals surface area contributed by atoms with Gasteiger partial charge in [-0.3, -0.25) is 9.59 Å². The first-order chi connectivity index (χ1) is 11.2. The van der Waals surface area contributed by atoms with Crippen LogP contribution in [-0.2, 0) is 9.53 Å². The first kappa shape index (κ1) is 18.1. The molecule has 130 valence electrons. The summed E-state index contributed by atoms with van der Waals surface area (Å²) in [7, 11) is 0. The minimum atomic E-state index is -0.625. The van der Waals surface area contributed by atoms with Crippen molar-refractivity contribution in [3.05, 3.63) is 26.6 Å². The second-order valence-electron chi connectivity index (χ2n) is 6.06. The summed E-state index contributed by atoms with van der Waals surface area (Å²) in [6.45, 7) is 8.86. The van der Waals surface area contributed by atoms with Gasteiger partial charge in [-0.15, -0.1) is 11.3 Å². The SMILES string of the molecule is Cc1nc2sc(C(=O)OCC(=O)NC(C)C(C)C)c(C)c2c(=O)[nH]1. The molecule has 2 N–H and O–H groups in total. The fraction of sp³-hybridized carbons (Fsp3) is 0.500. The van der Waals surface area contributed by atoms with Crippen LogP contribution in [0.15, 0.2) is 4.79 Å². The number of aromatic nitrogens is 2. The average Bonchev–Trinajstić information content (AvgIpc) is 2.81. The highest BCUT2D eigenvalue weighted by Crippen LogP contribution is 2.27. The minimum Gasteiger partial charge on any atom is -0.451 e. The number of hydrogen-bond acceptors (Lipinski definition) is 6. The highest BCUT2D eigenvalue weighted by atomic mass is 32.1. The molecule has 0 radical (unpaired) electrons. The molecule has 0 aromatic carbocycles. The van der Waals surface area contributed by atoms with Crippen LogP contribution < -0.4 is 10.9 Å². The third kappa shape index (κ3) is 3.81. The van der Waals surface area contributed by atoms with Gasteiger partial charge in [0.05, 0.1) is 5.39 Å². The molecule has 24 heavy (non-hydrogen) atoms. The maximum absolute atomic E-state index is 12.2. The monoisotopic (exact) mass is 351 g/mol. The third-order valence-electron chi connectivity index (χ3n) is 3.83. The van der Waals surface area contributed by atoms with Gasteiger partial charge in [0.15, 0.2) is 6.61 Å². The van der Waals surface area contributed by atoms with Gasteiger partial charge in [0.1, 0.15) is 15.5 Å². The Kier molecular flexibility index (Phi) is 5.38. The molecule has 8 heteroatoms. The molecule has 0 aliphatic carbocycles. The average molecular weight is 351 g/mol. The lowest BCUT2D eigenvalue weighted by atomic mass is 10.1. The van der Waals surface area contributed by atoms with E-state index in [4.69, 9.17) is 4.74 Å². The smallest absolute Gasteiger partial charge is 0.349 e. The molecule has 0 aliphatic rings. The Labute approximate surface area is 143 Å². The zero-order valence-electron chi connectivity index (χ0n) is 14.4. The molecule has 1 unspecified atom stereocenters. The molecule has 0 saturated heterocycles. The van der Waals surface area contributed by atoms with E-state index >= 15 is 0 Å². The Balaban J connectivity index is 2.12. The Morgan fingerprint density at radius 3 is 2.58 bits per heavy atom. The van der Waals surface area contributed by atoms with E-state index in [1.165, 1.54) is 0 Å². The molecule has 7 nitrogen and oxygen atoms in total. The largest absolute Gasteiger partial charge is 0.451 e. The van der Waals surface area contributed by atoms with E-state index in [1.807, 2.05) is 20.8 Å². The summed E-state index contributed by atoms with van der Waals surface area (Å²) < 4.78 is 5.07. The number of fused-ring (bicyclic) bond motifs is 1. The van der Waals surface area contributed by atoms with Gasteiger partial charge >= 0.3 is 5.97 Å². The molecule has 2 aromatic rings. The lowest BCUT2D eigenvalue weighted by Crippen LogP contribution is -2.38. The van der Waals surface area contributed by atoms with Gasteiger partial charge < -0.3 is 15.0 Å². The van der Waals surface area contributed by atoms with Gasteiger partial charge in [0, 0.05) is 6.04 Å². The molecule has 2 heterocycles. The van der Waals surface area contributed by atoms with Crippen LogP contribution in [0.4, 0.5) is 0 Å². The second kappa shape index (κ2) is 7.12. The number of aryl methyl sites for hydroxylation is 2. The molecule has 2 rings (SSSR count). The number of hydrogen-bond donors (Lipinski definition) is 2. The van der Waals surface area contributed by atoms with E-state index in [0.717, 1.165) is 11.3 Å². The Hall–Kier alpha value is -2.22. The van der Waals surface area contributed by atoms with Gasteiger partial charge in [-0.25, -0.2) is 9.78 Å². The van der Waals surface area contributed by atoms with Crippen molar-refractivity contribution in [3.8, 4) is 0 Å². The normalized spacial score (nSPS) is 12.4. The van der Waals surface area contributed by atoms with E-state index in [1.54, 1.807) is 13.8 Å². The third-order valence-corrected chi connectivity index (χ3v) is 4.99. The van der Waals surface area contributed by atoms with Gasteiger partial charge in [-0.2, -0.15) is 0 Å². The van der Waals surface area contributed by atoms with Crippen molar-refractivity contribution in [1.82, 2.24) is 15.3 Å². The highest BCUT2D eigenvalue weighted by Gasteiger charge is 2.21. The van der Waals surface area contributed by atoms with Crippen LogP contribution in [0.5, 0.6) is 0 Å². The van der Waals surface area contributed by atoms with Gasteiger partial charge in [-0.1, -0.05) is 13.8 Å². The van der Waals surface area contributed by atoms with Crippen LogP contribution in [-0.4, -0.2) is 34.5 Å². The molecule has 0 fully saturated rings. The summed E-state index contributed by atoms with van der Waals surface area (Å²) in [5.74, 6) is -0.207. The van der Waals surface area contributed by atoms with E-state index in [0.29, 0.717) is 26.5 Å². The van der Waals surface area contributed by atoms with Crippen molar-refractivity contribution in [2.75, 3.05) is 6.61 Å². The highest BCUT2D eigenvalue weighted by molar-refractivity contribution is 7.20. The van der Waals surface area contributed by atoms with Gasteiger partial charge in [0.25, 0.3) is 11.5 Å². The number of esters is 1. The fourth-order valence-electron chi connectivity index (χ4n) is 2.11. The summed E-state index contributed by atoms with van der Waals surface area (Å²) in [5.41, 5.74) is 0.235. The Bertz CT molecular complexity index is 838. The minimum absolute atomic E-state index is 0.00648. The standard InChI is InChI=1S/C16H21N3O4S/c1-7(2)9(4)17-11(20)6-23-16(22)13-8(3)12-14(21)18-10(5)19-15(12)24-13/h7,9H,6H2,1-5H3,(H,17,20)(H,18,19,21). The van der Waals surface area contributed by atoms with Crippen LogP contribution in [0.25, 0.3) is 10.2 Å². The topological polar surface area (TPSA) is 101 Å². The van der Waals surface area contributed by atoms with Crippen LogP contribution in [0.1, 0.15) is 41.8 Å². The molecule has 0 spiro atoms. The second-order valence-corrected chi connectivity index (χ2v) is 7.06. The van der Waals surface area contributed by atoms with E-state index in [2.05, 4.69) is 15.3 Å². The fourth-order valence-corrected chi connectivity index (χ4v) is 3.23. The molecule has 1 amide bonds. The molecule has 0 saturated carbocycles. The summed E-state index contributed by atoms with van der Waals surface area (Å²) in [4.78, 5) is 43.6. The van der Waals surface area contributed by atoms with Crippen molar-refractivity contribution in [1.29, 1.82) is 0 Å². The maximum atomic E-state index is 12.2. The number of carbonyl (C=O) groups is 2. The quantitative estimate of drug-likeness (QED) is 0.802. The molecule has 1 atom stereocenters. The molecule has 0 bridgehead atoms. The molecular weight excluding hydrogens is 330 g/mol. The van der Waals surface area contributed by atoms with Gasteiger partial charge in [0.2, 0.25) is 0 Å². The number of ether oxygens (including phenoxy) is 1. The number of rotatable bonds is 5. The van der Waals surface area contributed by atoms with Crippen molar-refractivity contribution in [3.63, 3.8) is 0 Å². The number of H-pyrrole nitrogens is 1. The van der Waals surface area contributed by atoms with Crippen LogP contribution in [0.2, 0.25) is 0 Å². The van der Waals surface area contributed by atoms with Crippen molar-refractivity contribution in [2.24, 2.45) is 5.92 Å². The van der Waals surface area contributed by atoms with Gasteiger partial charge in [-0.05, 0) is 32.3 Å². The number of carbonyl (C=O) groups excluding carboxylic acids is 2. The first-order valence-electron chi connectivity index (χ1n) is 7.67. The first-order valence-corrected chi connectivity index (χ1v) is 8.48. The van der Waals surface area contributed by atoms with Crippen LogP contribution >= 0.6 is 11.3 Å². The number of nitrogens with one attached hydrogen (secondary N) is 2. The number of amides is 1. The van der Waals surface area contributed by atoms with E-state index in [-0.39, 0.29) is 30.0 Å². The zero-order chi connectivity index (χ0) is 18.0. The van der Waals surface area contributed by atoms with Crippen LogP contribution in [0.3, 0.4) is 0 Å². The zero-order valence-corrected chi connectivity index (χ0v) is 15.2. The lowest BCUT2D eigenvalue weighted by molar-refractivity contribution is -0.125. The van der Waals surface area contributed by atoms with E-state index in [9.17, 15) is 14.4 Å². The Morgan fingerprint density at radius 1 is 1.29 bits per heavy atom. The lowest BCUT2D eigenvalue weighted by Gasteiger charge is -2.17. The maximum Gasteiger partial charge on any atom is 0.349 e. The number of aromatic amines is 1. The molecular formula is C16H21N3O4S. The van der Waals surface area contributed by atoms with Crippen molar-refractivity contribution >= 4 is 33.4 Å². The van der Waals surface area contributed by atoms with E-state index < -0.39 is 5.97 Å². The Morgan fingerprint density at radius 2 is 1.96 bits per heavy atom. The summed E-state index contributed by atoms with van der Waals surface area (Å²) in [6.07, 6.45) is 0. The summed E-state index contributed by atoms with van der Waals surface area (Å²) >= 11 is 1.09. The summed E-state index contributed by atoms with van der Waals surface area (Å²) in [5, 5.41) is 3.15. The predicted octanol–water partition coefficient (Wildman–Crippen LogP) is 1.92. The van der Waals surface area contributed by atoms with Crippen LogP contribution in [0, 0.1) is 19.8 Å². The summed E-state index contributed by atoms with van der Waals surface area (Å²) in [6, 6.07) is -0.00648. The number of nitrogens with zero attached hydrogens (tertiary/aromatic N) is 1. The van der Waals surface area contributed by atoms with Crippen molar-refractivity contribution in [2.45, 2.75) is 40.7 Å².